The van der Waals surface area contributed by atoms with Gasteiger partial charge in [0.25, 0.3) is 0 Å². The third-order valence-electron chi connectivity index (χ3n) is 4.57. The first kappa shape index (κ1) is 21.3. The van der Waals surface area contributed by atoms with Crippen LogP contribution in [0.1, 0.15) is 45.1 Å². The molecule has 1 unspecified atom stereocenters. The number of rotatable bonds is 7. The van der Waals surface area contributed by atoms with Crippen molar-refractivity contribution >= 4 is 29.9 Å². The molecule has 1 saturated heterocycles. The molecule has 0 aromatic carbocycles. The van der Waals surface area contributed by atoms with Gasteiger partial charge in [0.15, 0.2) is 5.96 Å². The predicted molar refractivity (Wildman–Crippen MR) is 113 cm³/mol. The number of halogens is 1. The van der Waals surface area contributed by atoms with Gasteiger partial charge in [-0.1, -0.05) is 13.3 Å². The second kappa shape index (κ2) is 11.7. The molecular weight excluding hydrogens is 413 g/mol. The number of piperidine rings is 1. The molecule has 0 amide bonds. The fourth-order valence-electron chi connectivity index (χ4n) is 3.30. The average Bonchev–Trinajstić information content (AvgIpc) is 2.98. The van der Waals surface area contributed by atoms with Crippen molar-refractivity contribution in [3.63, 3.8) is 0 Å². The van der Waals surface area contributed by atoms with Crippen LogP contribution in [0.3, 0.4) is 0 Å². The molecule has 2 rings (SSSR count). The molecular formula is C18H34IN5. The standard InChI is InChI=1S/C18H33N5.HI/c1-4-17-8-6-7-11-23(17)13-10-20-18(19-5-2)21-14-16-9-12-22(3)15-16;/h9,12,15,17H,4-8,10-11,13-14H2,1-3H3,(H2,19,20,21);1H. The summed E-state index contributed by atoms with van der Waals surface area (Å²) in [5.74, 6) is 0.918. The molecule has 5 nitrogen and oxygen atoms in total. The van der Waals surface area contributed by atoms with Crippen LogP contribution in [0, 0.1) is 0 Å². The zero-order chi connectivity index (χ0) is 16.5. The molecule has 0 saturated carbocycles. The monoisotopic (exact) mass is 447 g/mol. The van der Waals surface area contributed by atoms with E-state index in [2.05, 4.69) is 57.4 Å². The minimum atomic E-state index is 0. The Hall–Kier alpha value is -0.760. The van der Waals surface area contributed by atoms with Crippen LogP contribution in [0.15, 0.2) is 23.5 Å². The van der Waals surface area contributed by atoms with Gasteiger partial charge in [0.1, 0.15) is 0 Å². The van der Waals surface area contributed by atoms with Gasteiger partial charge in [-0.05, 0) is 44.4 Å². The molecule has 6 heteroatoms. The average molecular weight is 447 g/mol. The normalized spacial score (nSPS) is 19.0. The van der Waals surface area contributed by atoms with Gasteiger partial charge in [-0.15, -0.1) is 24.0 Å². The first-order chi connectivity index (χ1) is 11.2. The third-order valence-corrected chi connectivity index (χ3v) is 4.57. The van der Waals surface area contributed by atoms with Crippen LogP contribution in [0.2, 0.25) is 0 Å². The number of aryl methyl sites for hydroxylation is 1. The molecule has 0 spiro atoms. The highest BCUT2D eigenvalue weighted by molar-refractivity contribution is 14.0. The summed E-state index contributed by atoms with van der Waals surface area (Å²) in [5, 5.41) is 6.82. The van der Waals surface area contributed by atoms with E-state index in [1.54, 1.807) is 0 Å². The van der Waals surface area contributed by atoms with Gasteiger partial charge >= 0.3 is 0 Å². The Morgan fingerprint density at radius 2 is 2.12 bits per heavy atom. The summed E-state index contributed by atoms with van der Waals surface area (Å²) in [6.07, 6.45) is 9.54. The van der Waals surface area contributed by atoms with E-state index >= 15 is 0 Å². The Labute approximate surface area is 164 Å². The molecule has 0 radical (unpaired) electrons. The van der Waals surface area contributed by atoms with Gasteiger partial charge in [-0.25, -0.2) is 4.99 Å². The van der Waals surface area contributed by atoms with Crippen LogP contribution in [0.25, 0.3) is 0 Å². The number of aliphatic imine (C=N–C) groups is 1. The van der Waals surface area contributed by atoms with Gasteiger partial charge in [-0.3, -0.25) is 4.90 Å². The van der Waals surface area contributed by atoms with Crippen LogP contribution in [-0.2, 0) is 13.6 Å². The number of nitrogens with one attached hydrogen (secondary N) is 2. The summed E-state index contributed by atoms with van der Waals surface area (Å²) in [6, 6.07) is 2.89. The van der Waals surface area contributed by atoms with E-state index in [9.17, 15) is 0 Å². The van der Waals surface area contributed by atoms with Crippen LogP contribution >= 0.6 is 24.0 Å². The highest BCUT2D eigenvalue weighted by Crippen LogP contribution is 2.18. The minimum Gasteiger partial charge on any atom is -0.357 e. The second-order valence-electron chi connectivity index (χ2n) is 6.40. The number of hydrogen-bond donors (Lipinski definition) is 2. The van der Waals surface area contributed by atoms with E-state index < -0.39 is 0 Å². The summed E-state index contributed by atoms with van der Waals surface area (Å²) < 4.78 is 2.06. The van der Waals surface area contributed by atoms with E-state index in [4.69, 9.17) is 0 Å². The SMILES string of the molecule is CCNC(=NCc1ccn(C)c1)NCCN1CCCCC1CC.I. The number of nitrogens with zero attached hydrogens (tertiary/aromatic N) is 3. The maximum Gasteiger partial charge on any atom is 0.191 e. The lowest BCUT2D eigenvalue weighted by Gasteiger charge is -2.35. The van der Waals surface area contributed by atoms with Gasteiger partial charge < -0.3 is 15.2 Å². The van der Waals surface area contributed by atoms with E-state index in [1.165, 1.54) is 37.8 Å². The smallest absolute Gasteiger partial charge is 0.191 e. The molecule has 0 aliphatic carbocycles. The minimum absolute atomic E-state index is 0. The first-order valence-corrected chi connectivity index (χ1v) is 9.10. The molecule has 24 heavy (non-hydrogen) atoms. The molecule has 1 aromatic rings. The molecule has 1 aliphatic heterocycles. The van der Waals surface area contributed by atoms with Crippen LogP contribution in [-0.4, -0.2) is 47.6 Å². The molecule has 2 N–H and O–H groups in total. The zero-order valence-corrected chi connectivity index (χ0v) is 17.8. The lowest BCUT2D eigenvalue weighted by molar-refractivity contribution is 0.147. The van der Waals surface area contributed by atoms with E-state index in [1.807, 2.05) is 7.05 Å². The summed E-state index contributed by atoms with van der Waals surface area (Å²) >= 11 is 0. The Morgan fingerprint density at radius 1 is 1.29 bits per heavy atom. The second-order valence-corrected chi connectivity index (χ2v) is 6.40. The lowest BCUT2D eigenvalue weighted by Crippen LogP contribution is -2.45. The van der Waals surface area contributed by atoms with Crippen molar-refractivity contribution in [2.45, 2.75) is 52.1 Å². The van der Waals surface area contributed by atoms with Crippen LogP contribution in [0.5, 0.6) is 0 Å². The summed E-state index contributed by atoms with van der Waals surface area (Å²) in [6.45, 7) is 9.34. The molecule has 0 bridgehead atoms. The van der Waals surface area contributed by atoms with Gasteiger partial charge in [0, 0.05) is 45.1 Å². The van der Waals surface area contributed by atoms with Crippen molar-refractivity contribution in [3.8, 4) is 0 Å². The van der Waals surface area contributed by atoms with Gasteiger partial charge in [0.05, 0.1) is 6.54 Å². The van der Waals surface area contributed by atoms with E-state index in [0.717, 1.165) is 38.2 Å². The Kier molecular flexibility index (Phi) is 10.4. The van der Waals surface area contributed by atoms with Crippen LogP contribution < -0.4 is 10.6 Å². The lowest BCUT2D eigenvalue weighted by atomic mass is 10.0. The number of aromatic nitrogens is 1. The number of likely N-dealkylation sites (tertiary alicyclic amines) is 1. The Balaban J connectivity index is 0.00000288. The molecule has 2 heterocycles. The fourth-order valence-corrected chi connectivity index (χ4v) is 3.30. The van der Waals surface area contributed by atoms with E-state index in [-0.39, 0.29) is 24.0 Å². The maximum absolute atomic E-state index is 4.68. The van der Waals surface area contributed by atoms with Crippen molar-refractivity contribution in [3.05, 3.63) is 24.0 Å². The molecule has 1 atom stereocenters. The first-order valence-electron chi connectivity index (χ1n) is 9.10. The van der Waals surface area contributed by atoms with Crippen molar-refractivity contribution in [2.24, 2.45) is 12.0 Å². The van der Waals surface area contributed by atoms with Crippen molar-refractivity contribution in [1.82, 2.24) is 20.1 Å². The molecule has 1 aromatic heterocycles. The Bertz CT molecular complexity index is 486. The summed E-state index contributed by atoms with van der Waals surface area (Å²) in [5.41, 5.74) is 1.24. The van der Waals surface area contributed by atoms with Gasteiger partial charge in [0.2, 0.25) is 0 Å². The summed E-state index contributed by atoms with van der Waals surface area (Å²) in [7, 11) is 2.04. The van der Waals surface area contributed by atoms with Gasteiger partial charge in [-0.2, -0.15) is 0 Å². The highest BCUT2D eigenvalue weighted by atomic mass is 127. The van der Waals surface area contributed by atoms with Crippen molar-refractivity contribution in [2.75, 3.05) is 26.2 Å². The molecule has 1 fully saturated rings. The van der Waals surface area contributed by atoms with Crippen molar-refractivity contribution < 1.29 is 0 Å². The molecule has 1 aliphatic rings. The predicted octanol–water partition coefficient (Wildman–Crippen LogP) is 2.96. The van der Waals surface area contributed by atoms with E-state index in [0.29, 0.717) is 0 Å². The molecule has 138 valence electrons. The number of hydrogen-bond acceptors (Lipinski definition) is 2. The van der Waals surface area contributed by atoms with Crippen molar-refractivity contribution in [1.29, 1.82) is 0 Å². The maximum atomic E-state index is 4.68. The highest BCUT2D eigenvalue weighted by Gasteiger charge is 2.19. The topological polar surface area (TPSA) is 44.6 Å². The quantitative estimate of drug-likeness (QED) is 0.384. The fraction of sp³-hybridized carbons (Fsp3) is 0.722. The Morgan fingerprint density at radius 3 is 2.79 bits per heavy atom. The third kappa shape index (κ3) is 7.01. The zero-order valence-electron chi connectivity index (χ0n) is 15.4. The van der Waals surface area contributed by atoms with Crippen LogP contribution in [0.4, 0.5) is 0 Å². The largest absolute Gasteiger partial charge is 0.357 e. The summed E-state index contributed by atoms with van der Waals surface area (Å²) in [4.78, 5) is 7.32. The number of guanidine groups is 1.